The Balaban J connectivity index is 1.36. The molecule has 4 heterocycles. The van der Waals surface area contributed by atoms with Crippen LogP contribution in [0.5, 0.6) is 0 Å². The summed E-state index contributed by atoms with van der Waals surface area (Å²) < 4.78 is 24.7. The molecule has 0 aromatic carbocycles. The molecule has 6 N–H and O–H groups in total. The molecule has 0 bridgehead atoms. The second-order valence-electron chi connectivity index (χ2n) is 7.95. The Morgan fingerprint density at radius 2 is 1.63 bits per heavy atom. The third kappa shape index (κ3) is 6.06. The first-order valence-corrected chi connectivity index (χ1v) is 14.3. The number of ether oxygens (including phenoxy) is 2. The number of aliphatic hydroxyl groups is 2. The van der Waals surface area contributed by atoms with Gasteiger partial charge in [-0.2, -0.15) is 0 Å². The van der Waals surface area contributed by atoms with E-state index < -0.39 is 61.0 Å². The van der Waals surface area contributed by atoms with Gasteiger partial charge in [-0.15, -0.1) is 0 Å². The predicted molar refractivity (Wildman–Crippen MR) is 119 cm³/mol. The van der Waals surface area contributed by atoms with Crippen molar-refractivity contribution in [2.75, 3.05) is 24.7 Å². The van der Waals surface area contributed by atoms with E-state index in [1.54, 1.807) is 0 Å². The van der Waals surface area contributed by atoms with E-state index >= 15 is 0 Å². The first-order valence-electron chi connectivity index (χ1n) is 10.5. The summed E-state index contributed by atoms with van der Waals surface area (Å²) in [5, 5.41) is 20.0. The number of hydrogen-bond acceptors (Lipinski definition) is 13. The van der Waals surface area contributed by atoms with Crippen molar-refractivity contribution >= 4 is 32.9 Å². The number of nitrogen functional groups attached to an aromatic ring is 2. The third-order valence-corrected chi connectivity index (χ3v) is 7.75. The van der Waals surface area contributed by atoms with Gasteiger partial charge in [0.1, 0.15) is 0 Å². The molecule has 0 saturated carbocycles. The molecule has 0 radical (unpaired) electrons. The SMILES string of the molecule is Nc1ccn([C@H]2C[C@H](OP([O-])(=[Se])OC[C@H]3O[C@@H](n4ccc(N)nc4=O)C[C@@H]3O)[C@@H](CO)O2)c(=O)n1. The number of rotatable bonds is 8. The molecule has 2 aliphatic rings. The van der Waals surface area contributed by atoms with Crippen molar-refractivity contribution in [3.8, 4) is 0 Å². The molecular formula is C18H24N6O9PSe-. The van der Waals surface area contributed by atoms with Crippen LogP contribution in [0.3, 0.4) is 0 Å². The van der Waals surface area contributed by atoms with E-state index in [1.807, 2.05) is 0 Å². The van der Waals surface area contributed by atoms with Gasteiger partial charge in [0.2, 0.25) is 0 Å². The summed E-state index contributed by atoms with van der Waals surface area (Å²) in [6, 6.07) is 2.84. The van der Waals surface area contributed by atoms with Gasteiger partial charge in [0.15, 0.2) is 0 Å². The van der Waals surface area contributed by atoms with Crippen LogP contribution in [0.25, 0.3) is 0 Å². The summed E-state index contributed by atoms with van der Waals surface area (Å²) in [5.41, 5.74) is 9.70. The fourth-order valence-electron chi connectivity index (χ4n) is 3.83. The zero-order valence-electron chi connectivity index (χ0n) is 18.2. The Bertz CT molecular complexity index is 1230. The molecule has 2 saturated heterocycles. The van der Waals surface area contributed by atoms with Crippen LogP contribution < -0.4 is 27.7 Å². The first-order chi connectivity index (χ1) is 16.6. The molecule has 2 fully saturated rings. The van der Waals surface area contributed by atoms with Crippen molar-refractivity contribution in [2.45, 2.75) is 49.7 Å². The topological polar surface area (TPSA) is 222 Å². The Morgan fingerprint density at radius 3 is 2.17 bits per heavy atom. The van der Waals surface area contributed by atoms with Crippen LogP contribution in [0.15, 0.2) is 34.1 Å². The molecule has 2 aromatic heterocycles. The predicted octanol–water partition coefficient (Wildman–Crippen LogP) is -2.80. The van der Waals surface area contributed by atoms with E-state index in [9.17, 15) is 24.7 Å². The maximum absolute atomic E-state index is 12.9. The summed E-state index contributed by atoms with van der Waals surface area (Å²) in [4.78, 5) is 44.3. The summed E-state index contributed by atoms with van der Waals surface area (Å²) in [6.45, 7) is -0.782. The van der Waals surface area contributed by atoms with E-state index in [1.165, 1.54) is 33.7 Å². The van der Waals surface area contributed by atoms with Crippen molar-refractivity contribution in [1.82, 2.24) is 19.1 Å². The number of anilines is 2. The fraction of sp³-hybridized carbons (Fsp3) is 0.556. The Morgan fingerprint density at radius 1 is 1.09 bits per heavy atom. The van der Waals surface area contributed by atoms with Gasteiger partial charge in [-0.25, -0.2) is 0 Å². The van der Waals surface area contributed by atoms with Gasteiger partial charge in [0.25, 0.3) is 0 Å². The van der Waals surface area contributed by atoms with Crippen molar-refractivity contribution in [3.63, 3.8) is 0 Å². The zero-order chi connectivity index (χ0) is 25.3. The van der Waals surface area contributed by atoms with Crippen LogP contribution in [0.4, 0.5) is 11.6 Å². The molecule has 2 aromatic rings. The van der Waals surface area contributed by atoms with Crippen LogP contribution >= 0.6 is 6.19 Å². The maximum atomic E-state index is 12.9. The van der Waals surface area contributed by atoms with E-state index in [0.29, 0.717) is 0 Å². The molecule has 2 aliphatic heterocycles. The molecule has 4 rings (SSSR count). The quantitative estimate of drug-likeness (QED) is 0.184. The minimum absolute atomic E-state index is 0.0490. The van der Waals surface area contributed by atoms with Gasteiger partial charge in [-0.05, 0) is 0 Å². The van der Waals surface area contributed by atoms with Crippen molar-refractivity contribution in [2.24, 2.45) is 0 Å². The molecule has 35 heavy (non-hydrogen) atoms. The monoisotopic (exact) mass is 579 g/mol. The van der Waals surface area contributed by atoms with Crippen LogP contribution in [0, 0.1) is 0 Å². The first kappa shape index (κ1) is 26.1. The molecule has 0 spiro atoms. The normalized spacial score (nSPS) is 30.4. The van der Waals surface area contributed by atoms with Gasteiger partial charge in [0.05, 0.1) is 0 Å². The number of aromatic nitrogens is 4. The van der Waals surface area contributed by atoms with Crippen molar-refractivity contribution in [3.05, 3.63) is 45.5 Å². The second kappa shape index (κ2) is 10.6. The van der Waals surface area contributed by atoms with Crippen LogP contribution in [0.1, 0.15) is 25.3 Å². The third-order valence-electron chi connectivity index (χ3n) is 5.55. The second-order valence-corrected chi connectivity index (χ2v) is 12.1. The summed E-state index contributed by atoms with van der Waals surface area (Å²) in [7, 11) is 0. The molecule has 1 unspecified atom stereocenters. The van der Waals surface area contributed by atoms with Gasteiger partial charge < -0.3 is 0 Å². The average molecular weight is 578 g/mol. The number of aliphatic hydroxyl groups excluding tert-OH is 2. The van der Waals surface area contributed by atoms with Crippen molar-refractivity contribution in [1.29, 1.82) is 0 Å². The summed E-state index contributed by atoms with van der Waals surface area (Å²) in [5.74, 6) is 0.106. The molecule has 15 nitrogen and oxygen atoms in total. The standard InChI is InChI=1S/C18H25N6O9PSe/c19-13-1-3-23(17(27)21-13)15-5-9(26)12(32-15)8-30-34(29,35)33-10-6-16(31-11(10)7-25)24-4-2-14(20)22-18(24)28/h1-4,9-12,15-16,25-26H,5-8H2,(H,29,35)(H2,19,21,27)(H2,20,22,28)/p-1/t9-,10-,11+,12+,15+,16+,34?/m0/s1. The van der Waals surface area contributed by atoms with E-state index in [0.717, 1.165) is 0 Å². The van der Waals surface area contributed by atoms with Gasteiger partial charge >= 0.3 is 206 Å². The van der Waals surface area contributed by atoms with Gasteiger partial charge in [-0.1, -0.05) is 0 Å². The number of hydrogen-bond donors (Lipinski definition) is 4. The number of nitrogens with zero attached hydrogens (tertiary/aromatic N) is 4. The molecule has 0 aliphatic carbocycles. The zero-order valence-corrected chi connectivity index (χ0v) is 20.8. The fourth-order valence-corrected chi connectivity index (χ4v) is 5.86. The van der Waals surface area contributed by atoms with Gasteiger partial charge in [0, 0.05) is 0 Å². The van der Waals surface area contributed by atoms with E-state index in [4.69, 9.17) is 30.0 Å². The van der Waals surface area contributed by atoms with Crippen LogP contribution in [-0.2, 0) is 18.5 Å². The van der Waals surface area contributed by atoms with Crippen molar-refractivity contribution < 1.29 is 33.6 Å². The molecule has 17 heteroatoms. The van der Waals surface area contributed by atoms with Crippen LogP contribution in [-0.4, -0.2) is 82.0 Å². The molecular weight excluding hydrogens is 554 g/mol. The average Bonchev–Trinajstić information content (AvgIpc) is 3.34. The van der Waals surface area contributed by atoms with E-state index in [-0.39, 0.29) is 31.1 Å². The molecule has 0 amide bonds. The molecule has 7 atom stereocenters. The minimum atomic E-state index is -3.84. The summed E-state index contributed by atoms with van der Waals surface area (Å²) in [6.07, 6.45) is -6.23. The van der Waals surface area contributed by atoms with Crippen LogP contribution in [0.2, 0.25) is 0 Å². The summed E-state index contributed by atoms with van der Waals surface area (Å²) >= 11 is 2.36. The Kier molecular flexibility index (Phi) is 7.88. The Hall–Kier alpha value is -1.97. The Labute approximate surface area is 205 Å². The number of nitrogens with two attached hydrogens (primary N) is 2. The van der Waals surface area contributed by atoms with E-state index in [2.05, 4.69) is 25.1 Å². The van der Waals surface area contributed by atoms with Gasteiger partial charge in [-0.3, -0.25) is 0 Å². The molecule has 192 valence electrons.